The summed E-state index contributed by atoms with van der Waals surface area (Å²) in [5.41, 5.74) is -0.143. The number of rotatable bonds is 8. The summed E-state index contributed by atoms with van der Waals surface area (Å²) in [4.78, 5) is 23.9. The number of amides is 1. The van der Waals surface area contributed by atoms with Crippen molar-refractivity contribution < 1.29 is 31.1 Å². The van der Waals surface area contributed by atoms with Gasteiger partial charge in [0, 0.05) is 38.7 Å². The number of carbonyl (C=O) groups excluding carboxylic acids is 1. The number of aromatic nitrogens is 2. The van der Waals surface area contributed by atoms with Crippen LogP contribution in [-0.4, -0.2) is 48.1 Å². The molecule has 40 heavy (non-hydrogen) atoms. The Labute approximate surface area is 228 Å². The van der Waals surface area contributed by atoms with Gasteiger partial charge in [-0.15, -0.1) is 0 Å². The van der Waals surface area contributed by atoms with Crippen molar-refractivity contribution in [1.82, 2.24) is 15.3 Å². The molecule has 13 heteroatoms. The quantitative estimate of drug-likeness (QED) is 0.432. The van der Waals surface area contributed by atoms with E-state index in [1.807, 2.05) is 0 Å². The van der Waals surface area contributed by atoms with Gasteiger partial charge < -0.3 is 15.1 Å². The van der Waals surface area contributed by atoms with Crippen LogP contribution in [-0.2, 0) is 23.6 Å². The van der Waals surface area contributed by atoms with Crippen LogP contribution in [0.2, 0.25) is 0 Å². The summed E-state index contributed by atoms with van der Waals surface area (Å²) in [5.74, 6) is -1.11. The van der Waals surface area contributed by atoms with Crippen LogP contribution in [0.3, 0.4) is 0 Å². The molecular formula is C27H30F6N6O. The first-order valence-electron chi connectivity index (χ1n) is 13.2. The Morgan fingerprint density at radius 1 is 0.975 bits per heavy atom. The molecule has 1 amide bonds. The van der Waals surface area contributed by atoms with Gasteiger partial charge >= 0.3 is 12.4 Å². The van der Waals surface area contributed by atoms with Gasteiger partial charge in [0.15, 0.2) is 0 Å². The van der Waals surface area contributed by atoms with E-state index < -0.39 is 29.8 Å². The average molecular weight is 569 g/mol. The molecule has 0 spiro atoms. The highest BCUT2D eigenvalue weighted by Gasteiger charge is 2.39. The number of benzene rings is 1. The van der Waals surface area contributed by atoms with Gasteiger partial charge in [0.05, 0.1) is 11.6 Å². The largest absolute Gasteiger partial charge is 0.451 e. The van der Waals surface area contributed by atoms with Gasteiger partial charge in [0.2, 0.25) is 11.7 Å². The highest BCUT2D eigenvalue weighted by atomic mass is 19.4. The number of nitriles is 1. The number of halogens is 6. The first-order valence-corrected chi connectivity index (χ1v) is 13.2. The van der Waals surface area contributed by atoms with Crippen LogP contribution in [0, 0.1) is 17.2 Å². The molecule has 1 N–H and O–H groups in total. The molecule has 2 saturated heterocycles. The van der Waals surface area contributed by atoms with Crippen molar-refractivity contribution in [2.45, 2.75) is 63.3 Å². The Hall–Kier alpha value is -3.56. The number of hydrogen-bond acceptors (Lipinski definition) is 6. The van der Waals surface area contributed by atoms with Crippen molar-refractivity contribution in [3.63, 3.8) is 0 Å². The second kappa shape index (κ2) is 12.3. The monoisotopic (exact) mass is 568 g/mol. The van der Waals surface area contributed by atoms with Crippen LogP contribution in [0.5, 0.6) is 0 Å². The molecule has 3 heterocycles. The van der Waals surface area contributed by atoms with Crippen LogP contribution in [0.1, 0.15) is 55.5 Å². The lowest BCUT2D eigenvalue weighted by molar-refractivity contribution is -0.144. The molecule has 1 unspecified atom stereocenters. The van der Waals surface area contributed by atoms with Gasteiger partial charge in [-0.1, -0.05) is 12.1 Å². The Balaban J connectivity index is 1.43. The molecule has 7 nitrogen and oxygen atoms in total. The number of nitrogens with zero attached hydrogens (tertiary/aromatic N) is 5. The fourth-order valence-corrected chi connectivity index (χ4v) is 5.20. The number of hydrogen-bond donors (Lipinski definition) is 1. The molecule has 2 fully saturated rings. The number of alkyl halides is 6. The molecule has 0 saturated carbocycles. The highest BCUT2D eigenvalue weighted by molar-refractivity contribution is 5.85. The van der Waals surface area contributed by atoms with E-state index in [1.54, 1.807) is 9.80 Å². The normalized spacial score (nSPS) is 18.6. The molecular weight excluding hydrogens is 538 g/mol. The van der Waals surface area contributed by atoms with Gasteiger partial charge in [-0.05, 0) is 62.1 Å². The zero-order valence-electron chi connectivity index (χ0n) is 21.7. The predicted octanol–water partition coefficient (Wildman–Crippen LogP) is 5.36. The fraction of sp³-hybridized carbons (Fsp3) is 0.556. The summed E-state index contributed by atoms with van der Waals surface area (Å²) in [6.45, 7) is 1.54. The maximum absolute atomic E-state index is 13.7. The van der Waals surface area contributed by atoms with Crippen LogP contribution >= 0.6 is 0 Å². The van der Waals surface area contributed by atoms with E-state index in [-0.39, 0.29) is 24.1 Å². The molecule has 2 aromatic rings. The Bertz CT molecular complexity index is 1200. The summed E-state index contributed by atoms with van der Waals surface area (Å²) in [6, 6.07) is 7.56. The Morgan fingerprint density at radius 3 is 2.27 bits per heavy atom. The van der Waals surface area contributed by atoms with Gasteiger partial charge in [-0.3, -0.25) is 4.79 Å². The van der Waals surface area contributed by atoms with Gasteiger partial charge in [0.25, 0.3) is 0 Å². The summed E-state index contributed by atoms with van der Waals surface area (Å²) in [6.07, 6.45) is -5.18. The maximum atomic E-state index is 13.7. The molecule has 2 aliphatic rings. The van der Waals surface area contributed by atoms with Crippen LogP contribution < -0.4 is 15.1 Å². The third-order valence-corrected chi connectivity index (χ3v) is 7.40. The molecule has 216 valence electrons. The third kappa shape index (κ3) is 7.34. The molecule has 4 rings (SSSR count). The predicted molar refractivity (Wildman–Crippen MR) is 135 cm³/mol. The van der Waals surface area contributed by atoms with E-state index in [1.165, 1.54) is 18.2 Å². The van der Waals surface area contributed by atoms with Gasteiger partial charge in [-0.25, -0.2) is 9.97 Å². The summed E-state index contributed by atoms with van der Waals surface area (Å²) >= 11 is 0. The van der Waals surface area contributed by atoms with E-state index in [2.05, 4.69) is 21.4 Å². The van der Waals surface area contributed by atoms with Crippen molar-refractivity contribution in [2.75, 3.05) is 36.0 Å². The minimum Gasteiger partial charge on any atom is -0.356 e. The second-order valence-corrected chi connectivity index (χ2v) is 10.1. The first kappa shape index (κ1) is 29.4. The summed E-state index contributed by atoms with van der Waals surface area (Å²) in [5, 5.41) is 11.6. The Morgan fingerprint density at radius 2 is 1.65 bits per heavy atom. The molecule has 0 radical (unpaired) electrons. The smallest absolute Gasteiger partial charge is 0.356 e. The number of piperidine rings is 1. The molecule has 0 bridgehead atoms. The van der Waals surface area contributed by atoms with Gasteiger partial charge in [0.1, 0.15) is 17.7 Å². The zero-order chi connectivity index (χ0) is 28.9. The maximum Gasteiger partial charge on any atom is 0.451 e. The van der Waals surface area contributed by atoms with Crippen molar-refractivity contribution in [3.8, 4) is 6.07 Å². The number of anilines is 2. The lowest BCUT2D eigenvalue weighted by Crippen LogP contribution is -2.44. The molecule has 0 aliphatic carbocycles. The van der Waals surface area contributed by atoms with Crippen molar-refractivity contribution >= 4 is 17.5 Å². The molecule has 1 atom stereocenters. The topological polar surface area (TPSA) is 85.2 Å². The van der Waals surface area contributed by atoms with Gasteiger partial charge in [-0.2, -0.15) is 31.6 Å². The first-order chi connectivity index (χ1) is 19.0. The zero-order valence-corrected chi connectivity index (χ0v) is 21.7. The highest BCUT2D eigenvalue weighted by Crippen LogP contribution is 2.34. The third-order valence-electron chi connectivity index (χ3n) is 7.40. The lowest BCUT2D eigenvalue weighted by atomic mass is 9.92. The second-order valence-electron chi connectivity index (χ2n) is 10.1. The van der Waals surface area contributed by atoms with E-state index in [0.717, 1.165) is 31.4 Å². The van der Waals surface area contributed by atoms with E-state index >= 15 is 0 Å². The lowest BCUT2D eigenvalue weighted by Gasteiger charge is -2.33. The van der Waals surface area contributed by atoms with Crippen molar-refractivity contribution in [2.24, 2.45) is 5.92 Å². The standard InChI is InChI=1S/C27H30F6N6O/c28-26(29,30)20-7-5-19(6-8-20)9-13-35-24(40)21-4-2-14-39(21)23-17-22(36-25(37-23)27(31,32)33)38-15-10-18(11-16-38)3-1-12-34/h5-8,17-18,21H,1-4,9-11,13-16H2,(H,35,40). The summed E-state index contributed by atoms with van der Waals surface area (Å²) in [7, 11) is 0. The minimum atomic E-state index is -4.77. The van der Waals surface area contributed by atoms with E-state index in [9.17, 15) is 31.1 Å². The number of nitrogens with one attached hydrogen (secondary N) is 1. The van der Waals surface area contributed by atoms with Crippen molar-refractivity contribution in [3.05, 3.63) is 47.3 Å². The van der Waals surface area contributed by atoms with Crippen LogP contribution in [0.4, 0.5) is 38.0 Å². The van der Waals surface area contributed by atoms with Crippen LogP contribution in [0.25, 0.3) is 0 Å². The minimum absolute atomic E-state index is 0.0318. The molecule has 1 aromatic heterocycles. The van der Waals surface area contributed by atoms with E-state index in [4.69, 9.17) is 5.26 Å². The van der Waals surface area contributed by atoms with Crippen LogP contribution in [0.15, 0.2) is 30.3 Å². The van der Waals surface area contributed by atoms with Crippen molar-refractivity contribution in [1.29, 1.82) is 5.26 Å². The molecule has 1 aromatic carbocycles. The SMILES string of the molecule is N#CCCC1CCN(c2cc(N3CCCC3C(=O)NCCc3ccc(C(F)(F)F)cc3)nc(C(F)(F)F)n2)CC1. The summed E-state index contributed by atoms with van der Waals surface area (Å²) < 4.78 is 79.5. The fourth-order valence-electron chi connectivity index (χ4n) is 5.20. The van der Waals surface area contributed by atoms with E-state index in [0.29, 0.717) is 56.8 Å². The average Bonchev–Trinajstić information content (AvgIpc) is 3.42. The Kier molecular flexibility index (Phi) is 9.05. The number of carbonyl (C=O) groups is 1. The molecule has 2 aliphatic heterocycles.